The van der Waals surface area contributed by atoms with Gasteiger partial charge in [-0.2, -0.15) is 4.99 Å². The van der Waals surface area contributed by atoms with E-state index in [9.17, 15) is 0 Å². The zero-order valence-corrected chi connectivity index (χ0v) is 16.5. The van der Waals surface area contributed by atoms with Gasteiger partial charge in [0, 0.05) is 22.8 Å². The van der Waals surface area contributed by atoms with E-state index in [0.717, 1.165) is 40.8 Å². The van der Waals surface area contributed by atoms with Crippen LogP contribution in [-0.4, -0.2) is 32.1 Å². The molecule has 0 atom stereocenters. The number of aliphatic imine (C=N–C) groups is 1. The number of fused-ring (bicyclic) bond motifs is 1. The molecule has 8 heteroatoms. The van der Waals surface area contributed by atoms with Gasteiger partial charge in [0.2, 0.25) is 11.9 Å². The first-order chi connectivity index (χ1) is 13.5. The second kappa shape index (κ2) is 7.85. The van der Waals surface area contributed by atoms with E-state index in [0.29, 0.717) is 23.1 Å². The number of hydrogen-bond acceptors (Lipinski definition) is 4. The smallest absolute Gasteiger partial charge is 0.229 e. The van der Waals surface area contributed by atoms with Crippen LogP contribution in [0.2, 0.25) is 0 Å². The first-order valence-corrected chi connectivity index (χ1v) is 9.56. The van der Waals surface area contributed by atoms with E-state index in [-0.39, 0.29) is 0 Å². The second-order valence-corrected chi connectivity index (χ2v) is 7.21. The van der Waals surface area contributed by atoms with Gasteiger partial charge in [0.15, 0.2) is 5.11 Å². The SMILES string of the molecule is Cc1cc(C)nc(N/C(=N\C(=S)NC2CC2)Nc2cnc3ccccc3c2)n1. The van der Waals surface area contributed by atoms with E-state index in [2.05, 4.69) is 35.9 Å². The van der Waals surface area contributed by atoms with Crippen LogP contribution in [0.1, 0.15) is 24.2 Å². The summed E-state index contributed by atoms with van der Waals surface area (Å²) in [4.78, 5) is 17.8. The monoisotopic (exact) mass is 391 g/mol. The summed E-state index contributed by atoms with van der Waals surface area (Å²) < 4.78 is 0. The molecule has 142 valence electrons. The molecule has 3 N–H and O–H groups in total. The van der Waals surface area contributed by atoms with Gasteiger partial charge in [-0.1, -0.05) is 18.2 Å². The number of rotatable bonds is 3. The molecule has 0 amide bonds. The van der Waals surface area contributed by atoms with E-state index < -0.39 is 0 Å². The summed E-state index contributed by atoms with van der Waals surface area (Å²) in [5.74, 6) is 0.909. The Kier molecular flexibility index (Phi) is 5.12. The molecular weight excluding hydrogens is 370 g/mol. The number of anilines is 2. The number of benzene rings is 1. The van der Waals surface area contributed by atoms with Crippen LogP contribution in [0.3, 0.4) is 0 Å². The van der Waals surface area contributed by atoms with Crippen molar-refractivity contribution in [2.45, 2.75) is 32.7 Å². The molecule has 0 saturated heterocycles. The molecule has 2 aromatic heterocycles. The summed E-state index contributed by atoms with van der Waals surface area (Å²) in [6.45, 7) is 3.85. The maximum Gasteiger partial charge on any atom is 0.229 e. The van der Waals surface area contributed by atoms with Gasteiger partial charge >= 0.3 is 0 Å². The van der Waals surface area contributed by atoms with Crippen molar-refractivity contribution < 1.29 is 0 Å². The number of guanidine groups is 1. The molecule has 3 aromatic rings. The average molecular weight is 392 g/mol. The Hall–Kier alpha value is -3.13. The first-order valence-electron chi connectivity index (χ1n) is 9.15. The zero-order valence-electron chi connectivity index (χ0n) is 15.7. The Labute approximate surface area is 168 Å². The molecule has 1 saturated carbocycles. The Morgan fingerprint density at radius 3 is 2.57 bits per heavy atom. The number of aryl methyl sites for hydroxylation is 2. The summed E-state index contributed by atoms with van der Waals surface area (Å²) >= 11 is 5.37. The Morgan fingerprint density at radius 2 is 1.82 bits per heavy atom. The summed E-state index contributed by atoms with van der Waals surface area (Å²) in [5, 5.41) is 11.1. The molecule has 1 aromatic carbocycles. The molecule has 0 spiro atoms. The minimum atomic E-state index is 0.427. The van der Waals surface area contributed by atoms with E-state index in [1.54, 1.807) is 6.20 Å². The lowest BCUT2D eigenvalue weighted by atomic mass is 10.2. The normalized spacial score (nSPS) is 14.0. The lowest BCUT2D eigenvalue weighted by molar-refractivity contribution is 0.913. The van der Waals surface area contributed by atoms with Gasteiger partial charge in [-0.05, 0) is 57.1 Å². The van der Waals surface area contributed by atoms with Crippen molar-refractivity contribution in [2.75, 3.05) is 10.6 Å². The van der Waals surface area contributed by atoms with E-state index >= 15 is 0 Å². The largest absolute Gasteiger partial charge is 0.358 e. The minimum absolute atomic E-state index is 0.427. The molecule has 7 nitrogen and oxygen atoms in total. The summed E-state index contributed by atoms with van der Waals surface area (Å²) in [7, 11) is 0. The number of thiocarbonyl (C=S) groups is 1. The van der Waals surface area contributed by atoms with Gasteiger partial charge < -0.3 is 10.6 Å². The van der Waals surface area contributed by atoms with Gasteiger partial charge in [-0.25, -0.2) is 9.97 Å². The number of nitrogens with one attached hydrogen (secondary N) is 3. The third kappa shape index (κ3) is 4.77. The van der Waals surface area contributed by atoms with E-state index in [4.69, 9.17) is 12.2 Å². The van der Waals surface area contributed by atoms with Crippen molar-refractivity contribution in [3.63, 3.8) is 0 Å². The fourth-order valence-corrected chi connectivity index (χ4v) is 3.05. The standard InChI is InChI=1S/C20H21N7S/c1-12-9-13(2)23-18(22-12)26-19(27-20(28)25-15-7-8-15)24-16-10-14-5-3-4-6-17(14)21-11-16/h3-6,9-11,15H,7-8H2,1-2H3,(H3,22,23,24,25,26,27,28). The van der Waals surface area contributed by atoms with Crippen molar-refractivity contribution in [3.8, 4) is 0 Å². The highest BCUT2D eigenvalue weighted by Gasteiger charge is 2.22. The number of pyridine rings is 1. The molecule has 0 bridgehead atoms. The molecule has 0 unspecified atom stereocenters. The van der Waals surface area contributed by atoms with Crippen LogP contribution in [0.25, 0.3) is 10.9 Å². The van der Waals surface area contributed by atoms with Crippen molar-refractivity contribution in [1.82, 2.24) is 20.3 Å². The third-order valence-corrected chi connectivity index (χ3v) is 4.39. The molecule has 2 heterocycles. The Balaban J connectivity index is 1.60. The molecule has 1 aliphatic rings. The highest BCUT2D eigenvalue weighted by molar-refractivity contribution is 7.80. The zero-order chi connectivity index (χ0) is 19.5. The predicted octanol–water partition coefficient (Wildman–Crippen LogP) is 3.56. The highest BCUT2D eigenvalue weighted by atomic mass is 32.1. The number of nitrogens with zero attached hydrogens (tertiary/aromatic N) is 4. The highest BCUT2D eigenvalue weighted by Crippen LogP contribution is 2.19. The van der Waals surface area contributed by atoms with Gasteiger partial charge in [0.25, 0.3) is 0 Å². The number of para-hydroxylation sites is 1. The number of hydrogen-bond donors (Lipinski definition) is 3. The average Bonchev–Trinajstić information content (AvgIpc) is 3.44. The molecule has 28 heavy (non-hydrogen) atoms. The van der Waals surface area contributed by atoms with Gasteiger partial charge in [-0.15, -0.1) is 0 Å². The van der Waals surface area contributed by atoms with E-state index in [1.165, 1.54) is 0 Å². The summed E-state index contributed by atoms with van der Waals surface area (Å²) in [6.07, 6.45) is 4.01. The maximum atomic E-state index is 5.37. The fraction of sp³-hybridized carbons (Fsp3) is 0.250. The maximum absolute atomic E-state index is 5.37. The summed E-state index contributed by atoms with van der Waals surface area (Å²) in [6, 6.07) is 12.3. The molecule has 1 aliphatic carbocycles. The molecule has 4 rings (SSSR count). The van der Waals surface area contributed by atoms with Crippen molar-refractivity contribution in [3.05, 3.63) is 54.0 Å². The lowest BCUT2D eigenvalue weighted by Gasteiger charge is -2.13. The van der Waals surface area contributed by atoms with E-state index in [1.807, 2.05) is 50.2 Å². The van der Waals surface area contributed by atoms with Gasteiger partial charge in [-0.3, -0.25) is 10.3 Å². The van der Waals surface area contributed by atoms with Crippen LogP contribution in [0, 0.1) is 13.8 Å². The minimum Gasteiger partial charge on any atom is -0.358 e. The third-order valence-electron chi connectivity index (χ3n) is 4.18. The van der Waals surface area contributed by atoms with Crippen LogP contribution in [0.15, 0.2) is 47.6 Å². The Morgan fingerprint density at radius 1 is 1.07 bits per heavy atom. The molecule has 1 fully saturated rings. The van der Waals surface area contributed by atoms with Crippen molar-refractivity contribution in [2.24, 2.45) is 4.99 Å². The molecule has 0 aliphatic heterocycles. The molecule has 0 radical (unpaired) electrons. The lowest BCUT2D eigenvalue weighted by Crippen LogP contribution is -2.29. The predicted molar refractivity (Wildman–Crippen MR) is 117 cm³/mol. The Bertz CT molecular complexity index is 1040. The van der Waals surface area contributed by atoms with Crippen LogP contribution in [-0.2, 0) is 0 Å². The van der Waals surface area contributed by atoms with Crippen LogP contribution >= 0.6 is 12.2 Å². The van der Waals surface area contributed by atoms with Gasteiger partial charge in [0.05, 0.1) is 17.4 Å². The molecular formula is C20H21N7S. The van der Waals surface area contributed by atoms with Crippen molar-refractivity contribution >= 4 is 45.8 Å². The summed E-state index contributed by atoms with van der Waals surface area (Å²) in [5.41, 5.74) is 3.48. The van der Waals surface area contributed by atoms with Crippen LogP contribution < -0.4 is 16.0 Å². The second-order valence-electron chi connectivity index (χ2n) is 6.83. The fourth-order valence-electron chi connectivity index (χ4n) is 2.79. The van der Waals surface area contributed by atoms with Crippen LogP contribution in [0.4, 0.5) is 11.6 Å². The van der Waals surface area contributed by atoms with Gasteiger partial charge in [0.1, 0.15) is 0 Å². The quantitative estimate of drug-likeness (QED) is 0.357. The van der Waals surface area contributed by atoms with Crippen molar-refractivity contribution in [1.29, 1.82) is 0 Å². The first kappa shape index (κ1) is 18.2. The number of aromatic nitrogens is 3. The topological polar surface area (TPSA) is 87.1 Å². The van der Waals surface area contributed by atoms with Crippen LogP contribution in [0.5, 0.6) is 0 Å².